The fourth-order valence-corrected chi connectivity index (χ4v) is 1.40. The summed E-state index contributed by atoms with van der Waals surface area (Å²) in [5, 5.41) is 3.14. The average Bonchev–Trinajstić information content (AvgIpc) is 2.15. The normalized spacial score (nSPS) is 10.9. The summed E-state index contributed by atoms with van der Waals surface area (Å²) >= 11 is 0. The number of nitrogens with zero attached hydrogens (tertiary/aromatic N) is 2. The predicted molar refractivity (Wildman–Crippen MR) is 59.2 cm³/mol. The summed E-state index contributed by atoms with van der Waals surface area (Å²) in [6.45, 7) is 5.13. The highest BCUT2D eigenvalue weighted by Crippen LogP contribution is 2.03. The van der Waals surface area contributed by atoms with Crippen LogP contribution < -0.4 is 5.32 Å². The lowest BCUT2D eigenvalue weighted by molar-refractivity contribution is 0.328. The number of hydrogen-bond donors (Lipinski definition) is 1. The first-order valence-electron chi connectivity index (χ1n) is 4.96. The zero-order valence-corrected chi connectivity index (χ0v) is 9.25. The molecule has 0 atom stereocenters. The summed E-state index contributed by atoms with van der Waals surface area (Å²) in [7, 11) is 4.10. The molecular formula is C11H19N3. The first kappa shape index (κ1) is 11.1. The maximum Gasteiger partial charge on any atom is 0.0313 e. The Morgan fingerprint density at radius 3 is 2.86 bits per heavy atom. The Morgan fingerprint density at radius 2 is 2.21 bits per heavy atom. The van der Waals surface area contributed by atoms with Gasteiger partial charge in [0.15, 0.2) is 0 Å². The molecule has 3 nitrogen and oxygen atoms in total. The minimum Gasteiger partial charge on any atom is -0.318 e. The van der Waals surface area contributed by atoms with Gasteiger partial charge in [-0.15, -0.1) is 0 Å². The Morgan fingerprint density at radius 1 is 1.43 bits per heavy atom. The van der Waals surface area contributed by atoms with Crippen molar-refractivity contribution in [3.05, 3.63) is 29.6 Å². The summed E-state index contributed by atoms with van der Waals surface area (Å²) in [6, 6.07) is 2.18. The van der Waals surface area contributed by atoms with E-state index in [4.69, 9.17) is 0 Å². The van der Waals surface area contributed by atoms with Crippen LogP contribution in [0.4, 0.5) is 0 Å². The molecule has 0 fully saturated rings. The first-order chi connectivity index (χ1) is 6.72. The largest absolute Gasteiger partial charge is 0.318 e. The van der Waals surface area contributed by atoms with E-state index in [9.17, 15) is 0 Å². The molecule has 1 aromatic heterocycles. The summed E-state index contributed by atoms with van der Waals surface area (Å²) in [4.78, 5) is 6.46. The van der Waals surface area contributed by atoms with E-state index in [-0.39, 0.29) is 0 Å². The number of rotatable bonds is 5. The van der Waals surface area contributed by atoms with E-state index in [1.54, 1.807) is 0 Å². The molecule has 78 valence electrons. The Balaban J connectivity index is 2.43. The monoisotopic (exact) mass is 193 g/mol. The van der Waals surface area contributed by atoms with Gasteiger partial charge in [0.25, 0.3) is 0 Å². The molecular weight excluding hydrogens is 174 g/mol. The molecule has 0 unspecified atom stereocenters. The maximum absolute atomic E-state index is 4.18. The highest BCUT2D eigenvalue weighted by molar-refractivity contribution is 5.16. The number of likely N-dealkylation sites (N-methyl/N-ethyl adjacent to an activating group) is 2. The Kier molecular flexibility index (Phi) is 4.56. The van der Waals surface area contributed by atoms with Crippen molar-refractivity contribution in [2.75, 3.05) is 27.2 Å². The van der Waals surface area contributed by atoms with Crippen LogP contribution in [0.5, 0.6) is 0 Å². The lowest BCUT2D eigenvalue weighted by atomic mass is 10.2. The lowest BCUT2D eigenvalue weighted by Gasteiger charge is -2.16. The Hall–Kier alpha value is -0.930. The summed E-state index contributed by atoms with van der Waals surface area (Å²) in [6.07, 6.45) is 3.82. The van der Waals surface area contributed by atoms with Crippen molar-refractivity contribution in [3.8, 4) is 0 Å². The van der Waals surface area contributed by atoms with E-state index in [0.717, 1.165) is 19.6 Å². The summed E-state index contributed by atoms with van der Waals surface area (Å²) in [5.74, 6) is 0. The Bertz CT molecular complexity index is 273. The van der Waals surface area contributed by atoms with Crippen molar-refractivity contribution in [3.63, 3.8) is 0 Å². The van der Waals surface area contributed by atoms with Gasteiger partial charge in [0.05, 0.1) is 0 Å². The van der Waals surface area contributed by atoms with Crippen LogP contribution in [0.2, 0.25) is 0 Å². The minimum absolute atomic E-state index is 0.969. The fraction of sp³-hybridized carbons (Fsp3) is 0.545. The quantitative estimate of drug-likeness (QED) is 0.757. The number of pyridine rings is 1. The van der Waals surface area contributed by atoms with E-state index in [0.29, 0.717) is 0 Å². The van der Waals surface area contributed by atoms with Gasteiger partial charge in [-0.2, -0.15) is 0 Å². The maximum atomic E-state index is 4.18. The molecule has 3 heteroatoms. The second-order valence-electron chi connectivity index (χ2n) is 3.71. The second-order valence-corrected chi connectivity index (χ2v) is 3.71. The predicted octanol–water partition coefficient (Wildman–Crippen LogP) is 1.04. The van der Waals surface area contributed by atoms with Gasteiger partial charge in [0, 0.05) is 32.0 Å². The smallest absolute Gasteiger partial charge is 0.0313 e. The van der Waals surface area contributed by atoms with Crippen LogP contribution in [0.3, 0.4) is 0 Å². The van der Waals surface area contributed by atoms with Crippen LogP contribution in [0.1, 0.15) is 11.1 Å². The standard InChI is InChI=1S/C11H19N3/c1-10-6-11(8-13-7-10)9-14(3)5-4-12-2/h6-8,12H,4-5,9H2,1-3H3. The van der Waals surface area contributed by atoms with Crippen LogP contribution in [0.15, 0.2) is 18.5 Å². The molecule has 0 spiro atoms. The molecule has 0 bridgehead atoms. The highest BCUT2D eigenvalue weighted by Gasteiger charge is 1.99. The van der Waals surface area contributed by atoms with Crippen LogP contribution in [0.25, 0.3) is 0 Å². The third-order valence-corrected chi connectivity index (χ3v) is 2.13. The molecule has 1 rings (SSSR count). The molecule has 0 aliphatic rings. The van der Waals surface area contributed by atoms with Crippen molar-refractivity contribution >= 4 is 0 Å². The summed E-state index contributed by atoms with van der Waals surface area (Å²) in [5.41, 5.74) is 2.51. The molecule has 0 radical (unpaired) electrons. The third-order valence-electron chi connectivity index (χ3n) is 2.13. The zero-order chi connectivity index (χ0) is 10.4. The SMILES string of the molecule is CNCCN(C)Cc1cncc(C)c1. The second kappa shape index (κ2) is 5.73. The molecule has 0 aliphatic carbocycles. The van der Waals surface area contributed by atoms with Crippen molar-refractivity contribution in [2.45, 2.75) is 13.5 Å². The molecule has 1 N–H and O–H groups in total. The van der Waals surface area contributed by atoms with E-state index >= 15 is 0 Å². The van der Waals surface area contributed by atoms with Crippen molar-refractivity contribution in [1.29, 1.82) is 0 Å². The summed E-state index contributed by atoms with van der Waals surface area (Å²) < 4.78 is 0. The molecule has 1 heterocycles. The van der Waals surface area contributed by atoms with Crippen molar-refractivity contribution in [2.24, 2.45) is 0 Å². The minimum atomic E-state index is 0.969. The molecule has 0 aliphatic heterocycles. The molecule has 0 saturated heterocycles. The topological polar surface area (TPSA) is 28.2 Å². The van der Waals surface area contributed by atoms with Crippen LogP contribution in [-0.2, 0) is 6.54 Å². The van der Waals surface area contributed by atoms with E-state index in [2.05, 4.69) is 35.2 Å². The highest BCUT2D eigenvalue weighted by atomic mass is 15.1. The van der Waals surface area contributed by atoms with Gasteiger partial charge in [-0.3, -0.25) is 4.98 Å². The first-order valence-corrected chi connectivity index (χ1v) is 4.96. The van der Waals surface area contributed by atoms with Gasteiger partial charge in [0.2, 0.25) is 0 Å². The van der Waals surface area contributed by atoms with Gasteiger partial charge in [-0.05, 0) is 32.1 Å². The third kappa shape index (κ3) is 3.85. The van der Waals surface area contributed by atoms with Gasteiger partial charge in [0.1, 0.15) is 0 Å². The fourth-order valence-electron chi connectivity index (χ4n) is 1.40. The Labute approximate surface area is 86.2 Å². The molecule has 0 saturated carbocycles. The van der Waals surface area contributed by atoms with Crippen LogP contribution in [-0.4, -0.2) is 37.1 Å². The van der Waals surface area contributed by atoms with Gasteiger partial charge >= 0.3 is 0 Å². The number of hydrogen-bond acceptors (Lipinski definition) is 3. The van der Waals surface area contributed by atoms with E-state index in [1.807, 2.05) is 19.4 Å². The molecule has 14 heavy (non-hydrogen) atoms. The van der Waals surface area contributed by atoms with Crippen LogP contribution >= 0.6 is 0 Å². The number of aromatic nitrogens is 1. The van der Waals surface area contributed by atoms with E-state index < -0.39 is 0 Å². The number of nitrogens with one attached hydrogen (secondary N) is 1. The molecule has 0 aromatic carbocycles. The van der Waals surface area contributed by atoms with Crippen molar-refractivity contribution < 1.29 is 0 Å². The van der Waals surface area contributed by atoms with Crippen molar-refractivity contribution in [1.82, 2.24) is 15.2 Å². The van der Waals surface area contributed by atoms with E-state index in [1.165, 1.54) is 11.1 Å². The molecule has 1 aromatic rings. The molecule has 0 amide bonds. The van der Waals surface area contributed by atoms with Gasteiger partial charge in [-0.25, -0.2) is 0 Å². The van der Waals surface area contributed by atoms with Gasteiger partial charge < -0.3 is 10.2 Å². The number of aryl methyl sites for hydroxylation is 1. The zero-order valence-electron chi connectivity index (χ0n) is 9.25. The lowest BCUT2D eigenvalue weighted by Crippen LogP contribution is -2.26. The van der Waals surface area contributed by atoms with Crippen LogP contribution in [0, 0.1) is 6.92 Å². The van der Waals surface area contributed by atoms with Gasteiger partial charge in [-0.1, -0.05) is 6.07 Å². The average molecular weight is 193 g/mol.